The third kappa shape index (κ3) is 3.35. The fraction of sp³-hybridized carbons (Fsp3) is 0.417. The van der Waals surface area contributed by atoms with Crippen LogP contribution in [0.2, 0.25) is 0 Å². The summed E-state index contributed by atoms with van der Waals surface area (Å²) in [6.07, 6.45) is 4.52. The highest BCUT2D eigenvalue weighted by Gasteiger charge is 2.29. The molecule has 1 aliphatic heterocycles. The number of methoxy groups -OCH3 is 1. The Labute approximate surface area is 115 Å². The average molecular weight is 277 g/mol. The SMILES string of the molecule is COCCNC(=O)C1CC(C(=O)c2cnccn2)=NN1. The number of nitrogens with one attached hydrogen (secondary N) is 2. The van der Waals surface area contributed by atoms with E-state index in [9.17, 15) is 9.59 Å². The van der Waals surface area contributed by atoms with Gasteiger partial charge in [0.25, 0.3) is 0 Å². The zero-order valence-corrected chi connectivity index (χ0v) is 11.0. The number of ether oxygens (including phenoxy) is 1. The molecule has 2 N–H and O–H groups in total. The fourth-order valence-electron chi connectivity index (χ4n) is 1.70. The van der Waals surface area contributed by atoms with Crippen molar-refractivity contribution in [3.8, 4) is 0 Å². The van der Waals surface area contributed by atoms with Crippen molar-refractivity contribution >= 4 is 17.4 Å². The molecule has 0 fully saturated rings. The van der Waals surface area contributed by atoms with Crippen LogP contribution in [-0.4, -0.2) is 53.7 Å². The first-order valence-electron chi connectivity index (χ1n) is 6.12. The zero-order valence-electron chi connectivity index (χ0n) is 11.0. The molecule has 2 rings (SSSR count). The molecule has 0 spiro atoms. The molecule has 0 bridgehead atoms. The minimum atomic E-state index is -0.539. The Hall–Kier alpha value is -2.35. The highest BCUT2D eigenvalue weighted by Crippen LogP contribution is 2.08. The summed E-state index contributed by atoms with van der Waals surface area (Å²) in [5.74, 6) is -0.537. The van der Waals surface area contributed by atoms with Gasteiger partial charge in [-0.3, -0.25) is 20.0 Å². The van der Waals surface area contributed by atoms with Gasteiger partial charge >= 0.3 is 0 Å². The largest absolute Gasteiger partial charge is 0.383 e. The van der Waals surface area contributed by atoms with Crippen LogP contribution >= 0.6 is 0 Å². The Morgan fingerprint density at radius 3 is 3.05 bits per heavy atom. The van der Waals surface area contributed by atoms with Gasteiger partial charge in [-0.15, -0.1) is 0 Å². The summed E-state index contributed by atoms with van der Waals surface area (Å²) in [6, 6.07) is -0.539. The van der Waals surface area contributed by atoms with Gasteiger partial charge in [-0.1, -0.05) is 0 Å². The molecule has 106 valence electrons. The Morgan fingerprint density at radius 1 is 1.50 bits per heavy atom. The van der Waals surface area contributed by atoms with E-state index in [0.29, 0.717) is 13.2 Å². The number of amides is 1. The molecule has 1 unspecified atom stereocenters. The Balaban J connectivity index is 1.88. The van der Waals surface area contributed by atoms with Crippen LogP contribution in [-0.2, 0) is 9.53 Å². The fourth-order valence-corrected chi connectivity index (χ4v) is 1.70. The summed E-state index contributed by atoms with van der Waals surface area (Å²) in [7, 11) is 1.56. The van der Waals surface area contributed by atoms with Crippen LogP contribution < -0.4 is 10.7 Å². The van der Waals surface area contributed by atoms with Crippen molar-refractivity contribution < 1.29 is 14.3 Å². The molecule has 0 aromatic carbocycles. The maximum absolute atomic E-state index is 12.1. The number of ketones is 1. The summed E-state index contributed by atoms with van der Waals surface area (Å²) in [4.78, 5) is 31.6. The van der Waals surface area contributed by atoms with Gasteiger partial charge in [0.2, 0.25) is 11.7 Å². The molecule has 0 radical (unpaired) electrons. The monoisotopic (exact) mass is 277 g/mol. The van der Waals surface area contributed by atoms with Crippen molar-refractivity contribution in [2.45, 2.75) is 12.5 Å². The molecule has 1 aromatic rings. The van der Waals surface area contributed by atoms with E-state index in [2.05, 4.69) is 25.8 Å². The van der Waals surface area contributed by atoms with Gasteiger partial charge in [0, 0.05) is 32.5 Å². The van der Waals surface area contributed by atoms with E-state index in [0.717, 1.165) is 0 Å². The van der Waals surface area contributed by atoms with E-state index in [1.165, 1.54) is 18.6 Å². The Morgan fingerprint density at radius 2 is 2.35 bits per heavy atom. The number of aromatic nitrogens is 2. The van der Waals surface area contributed by atoms with Crippen LogP contribution in [0.15, 0.2) is 23.7 Å². The van der Waals surface area contributed by atoms with Crippen molar-refractivity contribution in [2.75, 3.05) is 20.3 Å². The number of carbonyl (C=O) groups excluding carboxylic acids is 2. The third-order valence-electron chi connectivity index (χ3n) is 2.73. The molecule has 2 heterocycles. The molecular weight excluding hydrogens is 262 g/mol. The quantitative estimate of drug-likeness (QED) is 0.518. The van der Waals surface area contributed by atoms with Gasteiger partial charge < -0.3 is 10.1 Å². The lowest BCUT2D eigenvalue weighted by molar-refractivity contribution is -0.122. The molecule has 1 atom stereocenters. The molecular formula is C12H15N5O3. The average Bonchev–Trinajstić information content (AvgIpc) is 2.97. The minimum absolute atomic E-state index is 0.215. The predicted molar refractivity (Wildman–Crippen MR) is 70.2 cm³/mol. The van der Waals surface area contributed by atoms with Crippen molar-refractivity contribution in [3.63, 3.8) is 0 Å². The number of hydrogen-bond acceptors (Lipinski definition) is 7. The van der Waals surface area contributed by atoms with Gasteiger partial charge in [0.1, 0.15) is 17.4 Å². The smallest absolute Gasteiger partial charge is 0.244 e. The van der Waals surface area contributed by atoms with Crippen molar-refractivity contribution in [1.29, 1.82) is 0 Å². The van der Waals surface area contributed by atoms with Gasteiger partial charge in [0.15, 0.2) is 0 Å². The first-order chi connectivity index (χ1) is 9.72. The Bertz CT molecular complexity index is 517. The van der Waals surface area contributed by atoms with Crippen molar-refractivity contribution in [3.05, 3.63) is 24.3 Å². The first-order valence-corrected chi connectivity index (χ1v) is 6.12. The number of nitrogens with zero attached hydrogens (tertiary/aromatic N) is 3. The normalized spacial score (nSPS) is 17.2. The lowest BCUT2D eigenvalue weighted by atomic mass is 10.1. The second-order valence-electron chi connectivity index (χ2n) is 4.15. The summed E-state index contributed by atoms with van der Waals surface area (Å²) < 4.78 is 4.84. The number of rotatable bonds is 6. The lowest BCUT2D eigenvalue weighted by Crippen LogP contribution is -2.41. The number of hydrazone groups is 1. The van der Waals surface area contributed by atoms with Crippen LogP contribution in [0.5, 0.6) is 0 Å². The molecule has 8 heteroatoms. The summed E-state index contributed by atoms with van der Waals surface area (Å²) in [6.45, 7) is 0.853. The van der Waals surface area contributed by atoms with E-state index in [-0.39, 0.29) is 29.5 Å². The van der Waals surface area contributed by atoms with E-state index in [1.807, 2.05) is 0 Å². The molecule has 0 saturated carbocycles. The van der Waals surface area contributed by atoms with Crippen LogP contribution in [0, 0.1) is 0 Å². The molecule has 0 aliphatic carbocycles. The van der Waals surface area contributed by atoms with Crippen LogP contribution in [0.3, 0.4) is 0 Å². The van der Waals surface area contributed by atoms with Crippen LogP contribution in [0.1, 0.15) is 16.9 Å². The van der Waals surface area contributed by atoms with E-state index < -0.39 is 6.04 Å². The first kappa shape index (κ1) is 14.1. The predicted octanol–water partition coefficient (Wildman–Crippen LogP) is -0.860. The summed E-state index contributed by atoms with van der Waals surface area (Å²) in [5.41, 5.74) is 3.14. The molecule has 20 heavy (non-hydrogen) atoms. The van der Waals surface area contributed by atoms with Gasteiger partial charge in [0.05, 0.1) is 12.8 Å². The highest BCUT2D eigenvalue weighted by atomic mass is 16.5. The molecule has 1 amide bonds. The topological polar surface area (TPSA) is 106 Å². The van der Waals surface area contributed by atoms with Crippen molar-refractivity contribution in [2.24, 2.45) is 5.10 Å². The maximum Gasteiger partial charge on any atom is 0.244 e. The van der Waals surface area contributed by atoms with Gasteiger partial charge in [-0.25, -0.2) is 4.98 Å². The third-order valence-corrected chi connectivity index (χ3v) is 2.73. The standard InChI is InChI=1S/C12H15N5O3/c1-20-5-4-15-12(19)9-6-8(16-17-9)11(18)10-7-13-2-3-14-10/h2-3,7,9,17H,4-6H2,1H3,(H,15,19). The highest BCUT2D eigenvalue weighted by molar-refractivity contribution is 6.46. The molecule has 1 aromatic heterocycles. The van der Waals surface area contributed by atoms with Crippen LogP contribution in [0.25, 0.3) is 0 Å². The zero-order chi connectivity index (χ0) is 14.4. The minimum Gasteiger partial charge on any atom is -0.383 e. The number of Topliss-reactive ketones (excluding diaryl/α,β-unsaturated/α-hetero) is 1. The second-order valence-corrected chi connectivity index (χ2v) is 4.15. The lowest BCUT2D eigenvalue weighted by Gasteiger charge is -2.09. The van der Waals surface area contributed by atoms with E-state index in [1.54, 1.807) is 7.11 Å². The van der Waals surface area contributed by atoms with Gasteiger partial charge in [-0.05, 0) is 0 Å². The summed E-state index contributed by atoms with van der Waals surface area (Å²) >= 11 is 0. The number of hydrogen-bond donors (Lipinski definition) is 2. The second kappa shape index (κ2) is 6.71. The van der Waals surface area contributed by atoms with Crippen molar-refractivity contribution in [1.82, 2.24) is 20.7 Å². The maximum atomic E-state index is 12.1. The van der Waals surface area contributed by atoms with Gasteiger partial charge in [-0.2, -0.15) is 5.10 Å². The summed E-state index contributed by atoms with van der Waals surface area (Å²) in [5, 5.41) is 6.59. The molecule has 1 aliphatic rings. The van der Waals surface area contributed by atoms with E-state index in [4.69, 9.17) is 4.74 Å². The Kier molecular flexibility index (Phi) is 4.72. The number of carbonyl (C=O) groups is 2. The van der Waals surface area contributed by atoms with E-state index >= 15 is 0 Å². The van der Waals surface area contributed by atoms with Crippen LogP contribution in [0.4, 0.5) is 0 Å². The molecule has 0 saturated heterocycles. The molecule has 8 nitrogen and oxygen atoms in total.